The van der Waals surface area contributed by atoms with Gasteiger partial charge in [0.15, 0.2) is 8.32 Å². The van der Waals surface area contributed by atoms with Gasteiger partial charge in [-0.05, 0) is 45.8 Å². The number of nitrogens with zero attached hydrogens (tertiary/aromatic N) is 1. The summed E-state index contributed by atoms with van der Waals surface area (Å²) in [5.74, 6) is -1.02. The molecule has 7 heteroatoms. The van der Waals surface area contributed by atoms with Crippen LogP contribution in [-0.2, 0) is 14.0 Å². The lowest BCUT2D eigenvalue weighted by molar-refractivity contribution is -0.142. The molecule has 1 aliphatic rings. The van der Waals surface area contributed by atoms with Crippen LogP contribution in [-0.4, -0.2) is 54.2 Å². The molecule has 1 fully saturated rings. The second kappa shape index (κ2) is 6.67. The van der Waals surface area contributed by atoms with Crippen molar-refractivity contribution in [2.75, 3.05) is 0 Å². The van der Waals surface area contributed by atoms with Gasteiger partial charge in [0.2, 0.25) is 0 Å². The monoisotopic (exact) mass is 359 g/mol. The Morgan fingerprint density at radius 1 is 1.12 bits per heavy atom. The van der Waals surface area contributed by atoms with Crippen LogP contribution < -0.4 is 0 Å². The summed E-state index contributed by atoms with van der Waals surface area (Å²) < 4.78 is 11.8. The summed E-state index contributed by atoms with van der Waals surface area (Å²) in [6, 6.07) is -1.25. The lowest BCUT2D eigenvalue weighted by Crippen LogP contribution is -2.49. The van der Waals surface area contributed by atoms with Gasteiger partial charge < -0.3 is 14.3 Å². The van der Waals surface area contributed by atoms with Crippen molar-refractivity contribution in [2.24, 2.45) is 0 Å². The molecule has 0 bridgehead atoms. The van der Waals surface area contributed by atoms with Gasteiger partial charge in [-0.15, -0.1) is 0 Å². The van der Waals surface area contributed by atoms with Crippen LogP contribution in [0.3, 0.4) is 0 Å². The van der Waals surface area contributed by atoms with Crippen LogP contribution in [0.25, 0.3) is 0 Å². The first-order chi connectivity index (χ1) is 10.6. The maximum absolute atomic E-state index is 12.5. The average Bonchev–Trinajstić information content (AvgIpc) is 2.62. The number of carboxylic acid groups (broad SMARTS) is 1. The first-order valence-corrected chi connectivity index (χ1v) is 11.4. The Kier molecular flexibility index (Phi) is 5.83. The Balaban J connectivity index is 3.02. The van der Waals surface area contributed by atoms with Crippen LogP contribution in [0.5, 0.6) is 0 Å². The number of hydrogen-bond donors (Lipinski definition) is 1. The normalized spacial score (nSPS) is 25.7. The highest BCUT2D eigenvalue weighted by molar-refractivity contribution is 6.74. The zero-order valence-corrected chi connectivity index (χ0v) is 17.5. The quantitative estimate of drug-likeness (QED) is 0.774. The van der Waals surface area contributed by atoms with Crippen molar-refractivity contribution < 1.29 is 23.9 Å². The Hall–Kier alpha value is -1.08. The number of carbonyl (C=O) groups excluding carboxylic acids is 1. The number of carbonyl (C=O) groups is 2. The highest BCUT2D eigenvalue weighted by Crippen LogP contribution is 2.40. The molecular weight excluding hydrogens is 326 g/mol. The number of likely N-dealkylation sites (tertiary alicyclic amines) is 1. The van der Waals surface area contributed by atoms with E-state index in [1.807, 2.05) is 6.92 Å². The maximum atomic E-state index is 12.5. The van der Waals surface area contributed by atoms with Crippen molar-refractivity contribution in [3.05, 3.63) is 0 Å². The molecule has 1 amide bonds. The van der Waals surface area contributed by atoms with Crippen LogP contribution in [0.1, 0.15) is 54.9 Å². The number of ether oxygens (including phenoxy) is 1. The van der Waals surface area contributed by atoms with Crippen molar-refractivity contribution in [1.82, 2.24) is 4.90 Å². The smallest absolute Gasteiger partial charge is 0.411 e. The molecule has 6 nitrogen and oxygen atoms in total. The third-order valence-corrected chi connectivity index (χ3v) is 9.41. The van der Waals surface area contributed by atoms with Gasteiger partial charge in [-0.1, -0.05) is 20.8 Å². The van der Waals surface area contributed by atoms with Crippen LogP contribution in [0.2, 0.25) is 18.1 Å². The summed E-state index contributed by atoms with van der Waals surface area (Å²) in [5.41, 5.74) is -0.668. The predicted molar refractivity (Wildman–Crippen MR) is 95.6 cm³/mol. The van der Waals surface area contributed by atoms with Gasteiger partial charge in [0.25, 0.3) is 0 Å². The third-order valence-electron chi connectivity index (χ3n) is 4.91. The highest BCUT2D eigenvalue weighted by atomic mass is 28.4. The molecule has 0 radical (unpaired) electrons. The fraction of sp³-hybridized carbons (Fsp3) is 0.882. The van der Waals surface area contributed by atoms with Crippen LogP contribution in [0, 0.1) is 0 Å². The van der Waals surface area contributed by atoms with Crippen molar-refractivity contribution in [2.45, 2.75) is 96.8 Å². The summed E-state index contributed by atoms with van der Waals surface area (Å²) in [7, 11) is -2.06. The Morgan fingerprint density at radius 2 is 1.62 bits per heavy atom. The molecule has 24 heavy (non-hydrogen) atoms. The Labute approximate surface area is 146 Å². The minimum absolute atomic E-state index is 0.0186. The summed E-state index contributed by atoms with van der Waals surface area (Å²) in [5, 5.41) is 9.55. The van der Waals surface area contributed by atoms with E-state index in [-0.39, 0.29) is 17.2 Å². The maximum Gasteiger partial charge on any atom is 0.411 e. The molecule has 0 aromatic carbocycles. The molecule has 1 saturated heterocycles. The zero-order chi connectivity index (χ0) is 19.1. The first kappa shape index (κ1) is 21.0. The molecule has 1 N–H and O–H groups in total. The fourth-order valence-corrected chi connectivity index (χ4v) is 3.93. The third kappa shape index (κ3) is 4.72. The van der Waals surface area contributed by atoms with Gasteiger partial charge in [0.1, 0.15) is 11.6 Å². The molecule has 1 aliphatic heterocycles. The van der Waals surface area contributed by atoms with Crippen LogP contribution in [0.15, 0.2) is 0 Å². The average molecular weight is 360 g/mol. The van der Waals surface area contributed by atoms with E-state index in [4.69, 9.17) is 9.16 Å². The first-order valence-electron chi connectivity index (χ1n) is 8.49. The Morgan fingerprint density at radius 3 is 2.00 bits per heavy atom. The summed E-state index contributed by atoms with van der Waals surface area (Å²) in [6.45, 7) is 17.8. The number of aliphatic carboxylic acids is 1. The van der Waals surface area contributed by atoms with Crippen molar-refractivity contribution in [3.8, 4) is 0 Å². The van der Waals surface area contributed by atoms with E-state index in [0.29, 0.717) is 6.42 Å². The van der Waals surface area contributed by atoms with Gasteiger partial charge in [-0.25, -0.2) is 9.59 Å². The van der Waals surface area contributed by atoms with E-state index in [1.165, 1.54) is 4.90 Å². The molecule has 0 saturated carbocycles. The zero-order valence-electron chi connectivity index (χ0n) is 16.5. The summed E-state index contributed by atoms with van der Waals surface area (Å²) in [6.07, 6.45) is -0.592. The number of amides is 1. The lowest BCUT2D eigenvalue weighted by Gasteiger charge is -2.39. The van der Waals surface area contributed by atoms with E-state index in [0.717, 1.165) is 0 Å². The topological polar surface area (TPSA) is 76.1 Å². The van der Waals surface area contributed by atoms with Crippen LogP contribution >= 0.6 is 0 Å². The van der Waals surface area contributed by atoms with Gasteiger partial charge in [-0.2, -0.15) is 0 Å². The van der Waals surface area contributed by atoms with E-state index < -0.39 is 32.0 Å². The number of carboxylic acids is 1. The second-order valence-corrected chi connectivity index (χ2v) is 13.9. The number of rotatable bonds is 3. The van der Waals surface area contributed by atoms with Gasteiger partial charge >= 0.3 is 12.1 Å². The minimum Gasteiger partial charge on any atom is -0.480 e. The molecular formula is C17H33NO5Si. The second-order valence-electron chi connectivity index (χ2n) is 9.13. The molecule has 3 atom stereocenters. The van der Waals surface area contributed by atoms with Crippen molar-refractivity contribution >= 4 is 20.4 Å². The van der Waals surface area contributed by atoms with E-state index in [1.54, 1.807) is 20.8 Å². The molecule has 140 valence electrons. The summed E-state index contributed by atoms with van der Waals surface area (Å²) in [4.78, 5) is 25.5. The predicted octanol–water partition coefficient (Wildman–Crippen LogP) is 3.86. The minimum atomic E-state index is -2.06. The highest BCUT2D eigenvalue weighted by Gasteiger charge is 2.50. The van der Waals surface area contributed by atoms with E-state index in [2.05, 4.69) is 33.9 Å². The van der Waals surface area contributed by atoms with Gasteiger partial charge in [0, 0.05) is 6.42 Å². The SMILES string of the molecule is C[C@H]1C(O[Si](C)(C)C(C)(C)C)C[C@@H](C(=O)O)N1C(=O)OC(C)(C)C. The van der Waals surface area contributed by atoms with Gasteiger partial charge in [-0.3, -0.25) is 4.90 Å². The molecule has 0 aliphatic carbocycles. The molecule has 1 unspecified atom stereocenters. The summed E-state index contributed by atoms with van der Waals surface area (Å²) >= 11 is 0. The standard InChI is InChI=1S/C17H33NO5Si/c1-11-13(23-24(8,9)17(5,6)7)10-12(14(19)20)18(11)15(21)22-16(2,3)4/h11-13H,10H2,1-9H3,(H,19,20)/t11-,12-,13?/m0/s1. The van der Waals surface area contributed by atoms with Crippen molar-refractivity contribution in [3.63, 3.8) is 0 Å². The van der Waals surface area contributed by atoms with Gasteiger partial charge in [0.05, 0.1) is 12.1 Å². The van der Waals surface area contributed by atoms with E-state index in [9.17, 15) is 14.7 Å². The fourth-order valence-electron chi connectivity index (χ4n) is 2.52. The van der Waals surface area contributed by atoms with E-state index >= 15 is 0 Å². The lowest BCUT2D eigenvalue weighted by atomic mass is 10.1. The Bertz CT molecular complexity index is 492. The van der Waals surface area contributed by atoms with Crippen molar-refractivity contribution in [1.29, 1.82) is 0 Å². The largest absolute Gasteiger partial charge is 0.480 e. The molecule has 0 aromatic heterocycles. The molecule has 0 spiro atoms. The molecule has 0 aromatic rings. The number of hydrogen-bond acceptors (Lipinski definition) is 4. The molecule has 1 heterocycles. The van der Waals surface area contributed by atoms with Crippen LogP contribution in [0.4, 0.5) is 4.79 Å². The molecule has 1 rings (SSSR count).